The molecule has 0 aromatic carbocycles. The zero-order chi connectivity index (χ0) is 9.64. The number of aliphatic hydroxyl groups is 1. The molecule has 0 radical (unpaired) electrons. The fourth-order valence-corrected chi connectivity index (χ4v) is 2.04. The average molecular weight is 186 g/mol. The molecule has 4 heteroatoms. The van der Waals surface area contributed by atoms with E-state index in [0.29, 0.717) is 6.42 Å². The molecule has 0 aromatic heterocycles. The summed E-state index contributed by atoms with van der Waals surface area (Å²) >= 11 is 0. The summed E-state index contributed by atoms with van der Waals surface area (Å²) in [5.41, 5.74) is 0. The van der Waals surface area contributed by atoms with E-state index in [-0.39, 0.29) is 24.4 Å². The summed E-state index contributed by atoms with van der Waals surface area (Å²) < 4.78 is 11.0. The van der Waals surface area contributed by atoms with Gasteiger partial charge in [-0.25, -0.2) is 0 Å². The van der Waals surface area contributed by atoms with Crippen molar-refractivity contribution in [1.82, 2.24) is 0 Å². The Morgan fingerprint density at radius 1 is 1.54 bits per heavy atom. The monoisotopic (exact) mass is 186 g/mol. The fourth-order valence-electron chi connectivity index (χ4n) is 2.04. The molecule has 2 fully saturated rings. The van der Waals surface area contributed by atoms with Crippen LogP contribution in [0.3, 0.4) is 0 Å². The Kier molecular flexibility index (Phi) is 1.94. The van der Waals surface area contributed by atoms with Crippen LogP contribution in [0.2, 0.25) is 0 Å². The molecule has 1 aliphatic heterocycles. The molecule has 0 spiro atoms. The molecular weight excluding hydrogens is 172 g/mol. The molecule has 0 unspecified atom stereocenters. The molecular formula is C9H14O4. The number of hydrogen-bond donors (Lipinski definition) is 1. The Morgan fingerprint density at radius 3 is 2.85 bits per heavy atom. The molecule has 1 saturated carbocycles. The number of ether oxygens (including phenoxy) is 2. The van der Waals surface area contributed by atoms with Crippen molar-refractivity contribution in [2.75, 3.05) is 6.61 Å². The molecule has 13 heavy (non-hydrogen) atoms. The van der Waals surface area contributed by atoms with Gasteiger partial charge in [0.05, 0.1) is 6.10 Å². The first kappa shape index (κ1) is 9.12. The minimum absolute atomic E-state index is 0.00759. The minimum Gasteiger partial charge on any atom is -0.396 e. The molecule has 3 atom stereocenters. The van der Waals surface area contributed by atoms with Crippen molar-refractivity contribution >= 4 is 5.78 Å². The van der Waals surface area contributed by atoms with Gasteiger partial charge in [-0.1, -0.05) is 0 Å². The van der Waals surface area contributed by atoms with Crippen LogP contribution >= 0.6 is 0 Å². The van der Waals surface area contributed by atoms with Gasteiger partial charge in [0.25, 0.3) is 0 Å². The lowest BCUT2D eigenvalue weighted by Gasteiger charge is -2.19. The number of ketones is 1. The topological polar surface area (TPSA) is 55.8 Å². The van der Waals surface area contributed by atoms with Gasteiger partial charge in [0.1, 0.15) is 6.10 Å². The number of Topliss-reactive ketones (excluding diaryl/α,β-unsaturated/α-hetero) is 1. The third kappa shape index (κ3) is 1.39. The lowest BCUT2D eigenvalue weighted by Crippen LogP contribution is -2.27. The second-order valence-electron chi connectivity index (χ2n) is 4.13. The van der Waals surface area contributed by atoms with Crippen LogP contribution in [0.5, 0.6) is 0 Å². The maximum absolute atomic E-state index is 11.4. The van der Waals surface area contributed by atoms with Crippen LogP contribution in [0.15, 0.2) is 0 Å². The van der Waals surface area contributed by atoms with Gasteiger partial charge in [-0.15, -0.1) is 0 Å². The van der Waals surface area contributed by atoms with Crippen LogP contribution in [0.1, 0.15) is 20.3 Å². The molecule has 4 nitrogen and oxygen atoms in total. The fraction of sp³-hybridized carbons (Fsp3) is 0.889. The maximum Gasteiger partial charge on any atom is 0.164 e. The minimum atomic E-state index is -0.682. The van der Waals surface area contributed by atoms with E-state index in [1.54, 1.807) is 13.8 Å². The first-order valence-corrected chi connectivity index (χ1v) is 4.53. The molecule has 0 amide bonds. The molecule has 1 heterocycles. The number of rotatable bonds is 1. The second-order valence-corrected chi connectivity index (χ2v) is 4.13. The van der Waals surface area contributed by atoms with Gasteiger partial charge in [0, 0.05) is 18.9 Å². The van der Waals surface area contributed by atoms with Gasteiger partial charge in [0.2, 0.25) is 0 Å². The number of fused-ring (bicyclic) bond motifs is 1. The van der Waals surface area contributed by atoms with Crippen molar-refractivity contribution in [1.29, 1.82) is 0 Å². The summed E-state index contributed by atoms with van der Waals surface area (Å²) in [6, 6.07) is 0. The highest BCUT2D eigenvalue weighted by molar-refractivity contribution is 5.86. The third-order valence-electron chi connectivity index (χ3n) is 2.61. The summed E-state index contributed by atoms with van der Waals surface area (Å²) in [6.07, 6.45) is -0.318. The van der Waals surface area contributed by atoms with Crippen LogP contribution in [-0.2, 0) is 14.3 Å². The van der Waals surface area contributed by atoms with Gasteiger partial charge in [0.15, 0.2) is 11.6 Å². The van der Waals surface area contributed by atoms with Crippen LogP contribution < -0.4 is 0 Å². The molecule has 2 aliphatic rings. The van der Waals surface area contributed by atoms with Crippen molar-refractivity contribution in [2.45, 2.75) is 38.3 Å². The zero-order valence-electron chi connectivity index (χ0n) is 7.82. The van der Waals surface area contributed by atoms with Crippen LogP contribution in [0, 0.1) is 5.92 Å². The highest BCUT2D eigenvalue weighted by Gasteiger charge is 2.53. The second kappa shape index (κ2) is 2.77. The van der Waals surface area contributed by atoms with Gasteiger partial charge in [-0.05, 0) is 13.8 Å². The van der Waals surface area contributed by atoms with Crippen molar-refractivity contribution in [3.05, 3.63) is 0 Å². The van der Waals surface area contributed by atoms with Crippen molar-refractivity contribution < 1.29 is 19.4 Å². The third-order valence-corrected chi connectivity index (χ3v) is 2.61. The van der Waals surface area contributed by atoms with Crippen LogP contribution in [-0.4, -0.2) is 35.5 Å². The van der Waals surface area contributed by atoms with E-state index in [1.807, 2.05) is 0 Å². The maximum atomic E-state index is 11.4. The molecule has 1 N–H and O–H groups in total. The van der Waals surface area contributed by atoms with Crippen LogP contribution in [0.4, 0.5) is 0 Å². The van der Waals surface area contributed by atoms with Gasteiger partial charge >= 0.3 is 0 Å². The van der Waals surface area contributed by atoms with E-state index < -0.39 is 11.9 Å². The Morgan fingerprint density at radius 2 is 2.23 bits per heavy atom. The lowest BCUT2D eigenvalue weighted by molar-refractivity contribution is -0.164. The zero-order valence-corrected chi connectivity index (χ0v) is 7.82. The predicted molar refractivity (Wildman–Crippen MR) is 44.0 cm³/mol. The quantitative estimate of drug-likeness (QED) is 0.630. The van der Waals surface area contributed by atoms with Gasteiger partial charge in [-0.3, -0.25) is 4.79 Å². The summed E-state index contributed by atoms with van der Waals surface area (Å²) in [5.74, 6) is -0.715. The molecule has 1 aliphatic carbocycles. The van der Waals surface area contributed by atoms with E-state index in [0.717, 1.165) is 0 Å². The first-order chi connectivity index (χ1) is 6.03. The lowest BCUT2D eigenvalue weighted by atomic mass is 10.1. The van der Waals surface area contributed by atoms with Gasteiger partial charge < -0.3 is 14.6 Å². The number of hydrogen-bond acceptors (Lipinski definition) is 4. The smallest absolute Gasteiger partial charge is 0.164 e. The Bertz CT molecular complexity index is 236. The average Bonchev–Trinajstić information content (AvgIpc) is 2.47. The number of carbonyl (C=O) groups is 1. The summed E-state index contributed by atoms with van der Waals surface area (Å²) in [7, 11) is 0. The van der Waals surface area contributed by atoms with E-state index in [4.69, 9.17) is 14.6 Å². The van der Waals surface area contributed by atoms with E-state index in [2.05, 4.69) is 0 Å². The highest BCUT2D eigenvalue weighted by Crippen LogP contribution is 2.39. The highest BCUT2D eigenvalue weighted by atomic mass is 16.8. The molecule has 0 aromatic rings. The van der Waals surface area contributed by atoms with Gasteiger partial charge in [-0.2, -0.15) is 0 Å². The Labute approximate surface area is 76.8 Å². The molecule has 2 rings (SSSR count). The van der Waals surface area contributed by atoms with E-state index in [9.17, 15) is 4.79 Å². The largest absolute Gasteiger partial charge is 0.396 e. The SMILES string of the molecule is CC1(C)O[C@@H]2[C@@H](CO)CC(=O)[C@@H]2O1. The van der Waals surface area contributed by atoms with Crippen molar-refractivity contribution in [3.63, 3.8) is 0 Å². The summed E-state index contributed by atoms with van der Waals surface area (Å²) in [4.78, 5) is 11.4. The standard InChI is InChI=1S/C9H14O4/c1-9(2)12-7-5(4-10)3-6(11)8(7)13-9/h5,7-8,10H,3-4H2,1-2H3/t5-,7-,8+/m1/s1. The summed E-state index contributed by atoms with van der Waals surface area (Å²) in [5, 5.41) is 9.01. The van der Waals surface area contributed by atoms with Crippen molar-refractivity contribution in [2.24, 2.45) is 5.92 Å². The molecule has 74 valence electrons. The number of carbonyl (C=O) groups excluding carboxylic acids is 1. The number of aliphatic hydroxyl groups excluding tert-OH is 1. The van der Waals surface area contributed by atoms with E-state index in [1.165, 1.54) is 0 Å². The summed E-state index contributed by atoms with van der Waals surface area (Å²) in [6.45, 7) is 3.56. The van der Waals surface area contributed by atoms with E-state index >= 15 is 0 Å². The Hall–Kier alpha value is -0.450. The molecule has 1 saturated heterocycles. The molecule has 0 bridgehead atoms. The Balaban J connectivity index is 2.17. The first-order valence-electron chi connectivity index (χ1n) is 4.53. The predicted octanol–water partition coefficient (Wildman–Crippen LogP) is 0.0878. The van der Waals surface area contributed by atoms with Crippen LogP contribution in [0.25, 0.3) is 0 Å². The normalized spacial score (nSPS) is 42.4. The van der Waals surface area contributed by atoms with Crippen molar-refractivity contribution in [3.8, 4) is 0 Å².